The molecule has 0 fully saturated rings. The number of methoxy groups -OCH3 is 2. The normalized spacial score (nSPS) is 11.7. The summed E-state index contributed by atoms with van der Waals surface area (Å²) in [6.45, 7) is 0.774. The highest BCUT2D eigenvalue weighted by molar-refractivity contribution is 5.81. The van der Waals surface area contributed by atoms with Crippen molar-refractivity contribution >= 4 is 17.8 Å². The van der Waals surface area contributed by atoms with E-state index in [0.29, 0.717) is 30.6 Å². The molecule has 0 unspecified atom stereocenters. The largest absolute Gasteiger partial charge is 0.469 e. The number of unbranched alkanes of at least 4 members (excludes halogenated alkanes) is 1. The maximum Gasteiger partial charge on any atom is 0.310 e. The van der Waals surface area contributed by atoms with Crippen LogP contribution in [0, 0.1) is 0 Å². The SMILES string of the molecule is COC(=O)CCc1c[nH]c(CNC(=O)[C@@H](N)CCCCN)c1CC(=O)OC. The standard InChI is InChI=1S/C18H30N4O5/c1-26-16(23)7-6-12-10-21-15(13(12)9-17(24)27-2)11-22-18(25)14(20)5-3-4-8-19/h10,14,21H,3-9,11,19-20H2,1-2H3,(H,22,25)/t14-/m0/s1. The molecule has 9 heteroatoms. The third kappa shape index (κ3) is 7.79. The number of esters is 2. The molecular formula is C18H30N4O5. The van der Waals surface area contributed by atoms with E-state index in [9.17, 15) is 14.4 Å². The lowest BCUT2D eigenvalue weighted by Gasteiger charge is -2.13. The van der Waals surface area contributed by atoms with Gasteiger partial charge in [-0.25, -0.2) is 0 Å². The molecule has 1 atom stereocenters. The zero-order valence-corrected chi connectivity index (χ0v) is 16.0. The van der Waals surface area contributed by atoms with Crippen molar-refractivity contribution in [2.24, 2.45) is 11.5 Å². The van der Waals surface area contributed by atoms with E-state index >= 15 is 0 Å². The number of carbonyl (C=O) groups is 3. The quantitative estimate of drug-likeness (QED) is 0.291. The molecule has 6 N–H and O–H groups in total. The Morgan fingerprint density at radius 1 is 1.19 bits per heavy atom. The van der Waals surface area contributed by atoms with Gasteiger partial charge in [-0.15, -0.1) is 0 Å². The second-order valence-corrected chi connectivity index (χ2v) is 6.21. The van der Waals surface area contributed by atoms with Crippen LogP contribution in [-0.2, 0) is 43.2 Å². The van der Waals surface area contributed by atoms with E-state index in [-0.39, 0.29) is 31.3 Å². The van der Waals surface area contributed by atoms with E-state index in [4.69, 9.17) is 16.2 Å². The van der Waals surface area contributed by atoms with Crippen molar-refractivity contribution in [3.05, 3.63) is 23.0 Å². The van der Waals surface area contributed by atoms with Crippen LogP contribution in [-0.4, -0.2) is 49.6 Å². The van der Waals surface area contributed by atoms with E-state index < -0.39 is 12.0 Å². The summed E-state index contributed by atoms with van der Waals surface area (Å²) in [5.74, 6) is -1.000. The first-order valence-electron chi connectivity index (χ1n) is 8.97. The number of carbonyl (C=O) groups excluding carboxylic acids is 3. The zero-order valence-electron chi connectivity index (χ0n) is 16.0. The highest BCUT2D eigenvalue weighted by Gasteiger charge is 2.18. The van der Waals surface area contributed by atoms with Gasteiger partial charge in [0.25, 0.3) is 0 Å². The molecule has 1 aromatic heterocycles. The first-order valence-corrected chi connectivity index (χ1v) is 8.97. The number of ether oxygens (including phenoxy) is 2. The molecule has 1 rings (SSSR count). The lowest BCUT2D eigenvalue weighted by molar-refractivity contribution is -0.141. The summed E-state index contributed by atoms with van der Waals surface area (Å²) in [5.41, 5.74) is 13.5. The van der Waals surface area contributed by atoms with Gasteiger partial charge in [-0.05, 0) is 36.9 Å². The number of aryl methyl sites for hydroxylation is 1. The fraction of sp³-hybridized carbons (Fsp3) is 0.611. The molecule has 0 radical (unpaired) electrons. The Bertz CT molecular complexity index is 629. The Morgan fingerprint density at radius 3 is 2.52 bits per heavy atom. The molecule has 0 bridgehead atoms. The summed E-state index contributed by atoms with van der Waals surface area (Å²) in [6, 6.07) is -0.602. The number of hydrogen-bond donors (Lipinski definition) is 4. The van der Waals surface area contributed by atoms with Crippen molar-refractivity contribution in [1.29, 1.82) is 0 Å². The molecule has 0 aromatic carbocycles. The Balaban J connectivity index is 2.74. The van der Waals surface area contributed by atoms with Crippen LogP contribution in [0.2, 0.25) is 0 Å². The van der Waals surface area contributed by atoms with Crippen LogP contribution in [0.15, 0.2) is 6.20 Å². The Hall–Kier alpha value is -2.39. The maximum atomic E-state index is 12.1. The fourth-order valence-electron chi connectivity index (χ4n) is 2.64. The van der Waals surface area contributed by atoms with Crippen LogP contribution >= 0.6 is 0 Å². The van der Waals surface area contributed by atoms with Crippen LogP contribution in [0.25, 0.3) is 0 Å². The van der Waals surface area contributed by atoms with Gasteiger partial charge in [0.05, 0.1) is 33.2 Å². The number of aromatic amines is 1. The lowest BCUT2D eigenvalue weighted by atomic mass is 10.0. The number of nitrogens with two attached hydrogens (primary N) is 2. The Morgan fingerprint density at radius 2 is 1.89 bits per heavy atom. The van der Waals surface area contributed by atoms with E-state index in [2.05, 4.69) is 15.0 Å². The predicted molar refractivity (Wildman–Crippen MR) is 99.6 cm³/mol. The molecule has 152 valence electrons. The monoisotopic (exact) mass is 382 g/mol. The first-order chi connectivity index (χ1) is 12.9. The first kappa shape index (κ1) is 22.7. The summed E-state index contributed by atoms with van der Waals surface area (Å²) in [7, 11) is 2.64. The zero-order chi connectivity index (χ0) is 20.2. The van der Waals surface area contributed by atoms with Crippen molar-refractivity contribution in [1.82, 2.24) is 10.3 Å². The number of H-pyrrole nitrogens is 1. The summed E-state index contributed by atoms with van der Waals surface area (Å²) >= 11 is 0. The number of aromatic nitrogens is 1. The maximum absolute atomic E-state index is 12.1. The third-order valence-electron chi connectivity index (χ3n) is 4.29. The van der Waals surface area contributed by atoms with E-state index in [1.54, 1.807) is 6.20 Å². The molecule has 0 aliphatic rings. The van der Waals surface area contributed by atoms with Crippen molar-refractivity contribution in [3.8, 4) is 0 Å². The minimum absolute atomic E-state index is 0.0459. The fourth-order valence-corrected chi connectivity index (χ4v) is 2.64. The Kier molecular flexibility index (Phi) is 10.1. The minimum atomic E-state index is -0.602. The van der Waals surface area contributed by atoms with Gasteiger partial charge < -0.3 is 31.2 Å². The molecule has 0 aliphatic heterocycles. The average molecular weight is 382 g/mol. The van der Waals surface area contributed by atoms with Crippen LogP contribution in [0.3, 0.4) is 0 Å². The van der Waals surface area contributed by atoms with Crippen molar-refractivity contribution in [3.63, 3.8) is 0 Å². The van der Waals surface area contributed by atoms with Crippen LogP contribution in [0.1, 0.15) is 42.5 Å². The van der Waals surface area contributed by atoms with Gasteiger partial charge in [0.15, 0.2) is 0 Å². The highest BCUT2D eigenvalue weighted by atomic mass is 16.5. The number of hydrogen-bond acceptors (Lipinski definition) is 7. The van der Waals surface area contributed by atoms with Gasteiger partial charge in [-0.1, -0.05) is 6.42 Å². The van der Waals surface area contributed by atoms with Crippen LogP contribution in [0.5, 0.6) is 0 Å². The summed E-state index contributed by atoms with van der Waals surface area (Å²) in [4.78, 5) is 38.3. The van der Waals surface area contributed by atoms with Gasteiger partial charge in [0.1, 0.15) is 0 Å². The van der Waals surface area contributed by atoms with Crippen LogP contribution < -0.4 is 16.8 Å². The average Bonchev–Trinajstić information content (AvgIpc) is 3.05. The molecule has 0 saturated carbocycles. The van der Waals surface area contributed by atoms with Crippen molar-refractivity contribution in [2.75, 3.05) is 20.8 Å². The van der Waals surface area contributed by atoms with Gasteiger partial charge in [0, 0.05) is 18.3 Å². The summed E-state index contributed by atoms with van der Waals surface area (Å²) in [6.07, 6.45) is 4.56. The molecule has 9 nitrogen and oxygen atoms in total. The molecule has 0 aliphatic carbocycles. The molecule has 1 heterocycles. The van der Waals surface area contributed by atoms with Gasteiger partial charge in [-0.2, -0.15) is 0 Å². The molecular weight excluding hydrogens is 352 g/mol. The second kappa shape index (κ2) is 12.1. The lowest BCUT2D eigenvalue weighted by Crippen LogP contribution is -2.40. The van der Waals surface area contributed by atoms with Crippen molar-refractivity contribution < 1.29 is 23.9 Å². The van der Waals surface area contributed by atoms with E-state index in [0.717, 1.165) is 18.4 Å². The van der Waals surface area contributed by atoms with E-state index in [1.807, 2.05) is 0 Å². The molecule has 0 spiro atoms. The summed E-state index contributed by atoms with van der Waals surface area (Å²) < 4.78 is 9.38. The number of nitrogens with one attached hydrogen (secondary N) is 2. The topological polar surface area (TPSA) is 150 Å². The number of amides is 1. The molecule has 1 amide bonds. The van der Waals surface area contributed by atoms with Gasteiger partial charge in [-0.3, -0.25) is 14.4 Å². The smallest absolute Gasteiger partial charge is 0.310 e. The molecule has 1 aromatic rings. The van der Waals surface area contributed by atoms with E-state index in [1.165, 1.54) is 14.2 Å². The van der Waals surface area contributed by atoms with Crippen molar-refractivity contribution in [2.45, 2.75) is 51.1 Å². The minimum Gasteiger partial charge on any atom is -0.469 e. The Labute approximate surface area is 159 Å². The van der Waals surface area contributed by atoms with Gasteiger partial charge >= 0.3 is 11.9 Å². The number of rotatable bonds is 12. The van der Waals surface area contributed by atoms with Gasteiger partial charge in [0.2, 0.25) is 5.91 Å². The highest BCUT2D eigenvalue weighted by Crippen LogP contribution is 2.18. The third-order valence-corrected chi connectivity index (χ3v) is 4.29. The molecule has 0 saturated heterocycles. The summed E-state index contributed by atoms with van der Waals surface area (Å²) in [5, 5.41) is 2.78. The second-order valence-electron chi connectivity index (χ2n) is 6.21. The predicted octanol–water partition coefficient (Wildman–Crippen LogP) is -0.0917. The van der Waals surface area contributed by atoms with Crippen LogP contribution in [0.4, 0.5) is 0 Å². The molecule has 27 heavy (non-hydrogen) atoms.